The van der Waals surface area contributed by atoms with Crippen molar-refractivity contribution in [2.45, 2.75) is 37.1 Å². The fourth-order valence-electron chi connectivity index (χ4n) is 3.47. The number of rotatable bonds is 7. The molecular weight excluding hydrogens is 404 g/mol. The summed E-state index contributed by atoms with van der Waals surface area (Å²) in [7, 11) is -0.719. The third kappa shape index (κ3) is 5.12. The molecule has 0 radical (unpaired) electrons. The van der Waals surface area contributed by atoms with Crippen LogP contribution in [-0.4, -0.2) is 45.9 Å². The van der Waals surface area contributed by atoms with Gasteiger partial charge in [0.1, 0.15) is 16.4 Å². The molecule has 1 aliphatic rings. The molecule has 0 unspecified atom stereocenters. The second-order valence-corrected chi connectivity index (χ2v) is 9.12. The van der Waals surface area contributed by atoms with E-state index < -0.39 is 10.0 Å². The molecule has 1 amide bonds. The Morgan fingerprint density at radius 1 is 0.967 bits per heavy atom. The second kappa shape index (κ2) is 9.95. The Kier molecular flexibility index (Phi) is 7.33. The average Bonchev–Trinajstić information content (AvgIpc) is 3.07. The standard InChI is InChI=1S/C22H28N2O5S/c1-28-19-10-7-17(8-11-19)16-23-22(25)18-9-12-20(29-2)21(15-18)30(26,27)24-13-5-3-4-6-14-24/h7-12,15H,3-6,13-14,16H2,1-2H3,(H,23,25). The van der Waals surface area contributed by atoms with E-state index in [9.17, 15) is 13.2 Å². The largest absolute Gasteiger partial charge is 0.497 e. The van der Waals surface area contributed by atoms with E-state index in [1.54, 1.807) is 13.2 Å². The summed E-state index contributed by atoms with van der Waals surface area (Å²) < 4.78 is 38.4. The number of nitrogens with zero attached hydrogens (tertiary/aromatic N) is 1. The Morgan fingerprint density at radius 2 is 1.63 bits per heavy atom. The summed E-state index contributed by atoms with van der Waals surface area (Å²) in [5.74, 6) is 0.635. The van der Waals surface area contributed by atoms with Gasteiger partial charge in [0.25, 0.3) is 5.91 Å². The van der Waals surface area contributed by atoms with Gasteiger partial charge >= 0.3 is 0 Å². The van der Waals surface area contributed by atoms with Gasteiger partial charge in [-0.3, -0.25) is 4.79 Å². The molecule has 1 fully saturated rings. The number of carbonyl (C=O) groups is 1. The van der Waals surface area contributed by atoms with Gasteiger partial charge in [0.15, 0.2) is 0 Å². The van der Waals surface area contributed by atoms with E-state index in [2.05, 4.69) is 5.32 Å². The van der Waals surface area contributed by atoms with Crippen LogP contribution in [0.3, 0.4) is 0 Å². The van der Waals surface area contributed by atoms with Crippen molar-refractivity contribution in [1.82, 2.24) is 9.62 Å². The molecule has 0 spiro atoms. The van der Waals surface area contributed by atoms with Crippen LogP contribution in [0.1, 0.15) is 41.6 Å². The van der Waals surface area contributed by atoms with Gasteiger partial charge in [0, 0.05) is 25.2 Å². The molecular formula is C22H28N2O5S. The van der Waals surface area contributed by atoms with Crippen molar-refractivity contribution in [2.75, 3.05) is 27.3 Å². The number of nitrogens with one attached hydrogen (secondary N) is 1. The molecule has 3 rings (SSSR count). The Balaban J connectivity index is 1.79. The highest BCUT2D eigenvalue weighted by Crippen LogP contribution is 2.29. The van der Waals surface area contributed by atoms with Gasteiger partial charge < -0.3 is 14.8 Å². The predicted octanol–water partition coefficient (Wildman–Crippen LogP) is 3.20. The lowest BCUT2D eigenvalue weighted by Crippen LogP contribution is -2.32. The lowest BCUT2D eigenvalue weighted by atomic mass is 10.2. The highest BCUT2D eigenvalue weighted by atomic mass is 32.2. The van der Waals surface area contributed by atoms with Gasteiger partial charge in [-0.1, -0.05) is 25.0 Å². The molecule has 2 aromatic carbocycles. The fourth-order valence-corrected chi connectivity index (χ4v) is 5.17. The van der Waals surface area contributed by atoms with Crippen molar-refractivity contribution in [1.29, 1.82) is 0 Å². The zero-order valence-corrected chi connectivity index (χ0v) is 18.2. The zero-order chi connectivity index (χ0) is 21.6. The summed E-state index contributed by atoms with van der Waals surface area (Å²) in [5.41, 5.74) is 1.19. The first kappa shape index (κ1) is 22.1. The minimum Gasteiger partial charge on any atom is -0.497 e. The van der Waals surface area contributed by atoms with Crippen molar-refractivity contribution in [3.05, 3.63) is 53.6 Å². The van der Waals surface area contributed by atoms with Crippen LogP contribution in [0.4, 0.5) is 0 Å². The maximum absolute atomic E-state index is 13.2. The quantitative estimate of drug-likeness (QED) is 0.726. The summed E-state index contributed by atoms with van der Waals surface area (Å²) in [4.78, 5) is 12.7. The Hall–Kier alpha value is -2.58. The predicted molar refractivity (Wildman–Crippen MR) is 114 cm³/mol. The SMILES string of the molecule is COc1ccc(CNC(=O)c2ccc(OC)c(S(=O)(=O)N3CCCCCC3)c2)cc1. The minimum atomic E-state index is -3.74. The summed E-state index contributed by atoms with van der Waals surface area (Å²) in [5, 5.41) is 2.83. The molecule has 162 valence electrons. The van der Waals surface area contributed by atoms with Crippen LogP contribution in [0.15, 0.2) is 47.4 Å². The minimum absolute atomic E-state index is 0.0315. The summed E-state index contributed by atoms with van der Waals surface area (Å²) in [6.07, 6.45) is 3.72. The third-order valence-electron chi connectivity index (χ3n) is 5.22. The lowest BCUT2D eigenvalue weighted by molar-refractivity contribution is 0.0950. The van der Waals surface area contributed by atoms with Gasteiger partial charge in [-0.05, 0) is 48.7 Å². The molecule has 0 bridgehead atoms. The number of carbonyl (C=O) groups excluding carboxylic acids is 1. The maximum Gasteiger partial charge on any atom is 0.251 e. The van der Waals surface area contributed by atoms with Gasteiger partial charge in [0.2, 0.25) is 10.0 Å². The van der Waals surface area contributed by atoms with Gasteiger partial charge in [0.05, 0.1) is 14.2 Å². The molecule has 30 heavy (non-hydrogen) atoms. The number of benzene rings is 2. The molecule has 7 nitrogen and oxygen atoms in total. The van der Waals surface area contributed by atoms with Crippen LogP contribution >= 0.6 is 0 Å². The molecule has 0 aromatic heterocycles. The number of amides is 1. The number of methoxy groups -OCH3 is 2. The van der Waals surface area contributed by atoms with Crippen LogP contribution in [-0.2, 0) is 16.6 Å². The van der Waals surface area contributed by atoms with Crippen molar-refractivity contribution >= 4 is 15.9 Å². The van der Waals surface area contributed by atoms with E-state index in [0.29, 0.717) is 19.6 Å². The smallest absolute Gasteiger partial charge is 0.251 e. The maximum atomic E-state index is 13.2. The number of sulfonamides is 1. The van der Waals surface area contributed by atoms with Gasteiger partial charge in [-0.25, -0.2) is 8.42 Å². The van der Waals surface area contributed by atoms with Crippen LogP contribution < -0.4 is 14.8 Å². The number of hydrogen-bond donors (Lipinski definition) is 1. The Labute approximate surface area is 178 Å². The molecule has 0 saturated carbocycles. The molecule has 2 aromatic rings. The van der Waals surface area contributed by atoms with Crippen molar-refractivity contribution < 1.29 is 22.7 Å². The van der Waals surface area contributed by atoms with E-state index in [1.807, 2.05) is 24.3 Å². The van der Waals surface area contributed by atoms with E-state index in [1.165, 1.54) is 23.5 Å². The molecule has 0 atom stereocenters. The third-order valence-corrected chi connectivity index (χ3v) is 7.14. The van der Waals surface area contributed by atoms with Crippen molar-refractivity contribution in [3.8, 4) is 11.5 Å². The lowest BCUT2D eigenvalue weighted by Gasteiger charge is -2.21. The van der Waals surface area contributed by atoms with E-state index in [-0.39, 0.29) is 22.1 Å². The molecule has 1 N–H and O–H groups in total. The molecule has 1 saturated heterocycles. The average molecular weight is 433 g/mol. The first-order valence-corrected chi connectivity index (χ1v) is 11.5. The van der Waals surface area contributed by atoms with Crippen LogP contribution in [0.5, 0.6) is 11.5 Å². The van der Waals surface area contributed by atoms with E-state index >= 15 is 0 Å². The second-order valence-electron chi connectivity index (χ2n) is 7.21. The summed E-state index contributed by atoms with van der Waals surface area (Å²) in [6, 6.07) is 11.9. The molecule has 0 aliphatic carbocycles. The fraction of sp³-hybridized carbons (Fsp3) is 0.409. The highest BCUT2D eigenvalue weighted by molar-refractivity contribution is 7.89. The van der Waals surface area contributed by atoms with E-state index in [0.717, 1.165) is 37.0 Å². The molecule has 1 aliphatic heterocycles. The Bertz CT molecular complexity index is 966. The van der Waals surface area contributed by atoms with Crippen LogP contribution in [0, 0.1) is 0 Å². The summed E-state index contributed by atoms with van der Waals surface area (Å²) >= 11 is 0. The first-order chi connectivity index (χ1) is 14.5. The monoisotopic (exact) mass is 432 g/mol. The van der Waals surface area contributed by atoms with Crippen molar-refractivity contribution in [2.24, 2.45) is 0 Å². The summed E-state index contributed by atoms with van der Waals surface area (Å²) in [6.45, 7) is 1.29. The molecule has 1 heterocycles. The number of hydrogen-bond acceptors (Lipinski definition) is 5. The van der Waals surface area contributed by atoms with Crippen LogP contribution in [0.2, 0.25) is 0 Å². The zero-order valence-electron chi connectivity index (χ0n) is 17.4. The van der Waals surface area contributed by atoms with Gasteiger partial charge in [-0.15, -0.1) is 0 Å². The van der Waals surface area contributed by atoms with Crippen LogP contribution in [0.25, 0.3) is 0 Å². The first-order valence-electron chi connectivity index (χ1n) is 10.0. The Morgan fingerprint density at radius 3 is 2.23 bits per heavy atom. The van der Waals surface area contributed by atoms with Gasteiger partial charge in [-0.2, -0.15) is 4.31 Å². The normalized spacial score (nSPS) is 15.3. The topological polar surface area (TPSA) is 84.9 Å². The van der Waals surface area contributed by atoms with E-state index in [4.69, 9.17) is 9.47 Å². The van der Waals surface area contributed by atoms with Crippen molar-refractivity contribution in [3.63, 3.8) is 0 Å². The molecule has 8 heteroatoms. The number of ether oxygens (including phenoxy) is 2. The highest BCUT2D eigenvalue weighted by Gasteiger charge is 2.29.